The lowest BCUT2D eigenvalue weighted by molar-refractivity contribution is -0.134. The average Bonchev–Trinajstić information content (AvgIpc) is 3.25. The molecule has 0 amide bonds. The molecule has 1 aromatic carbocycles. The predicted octanol–water partition coefficient (Wildman–Crippen LogP) is 5.68. The Bertz CT molecular complexity index is 1240. The van der Waals surface area contributed by atoms with Crippen LogP contribution in [0.4, 0.5) is 0 Å². The Morgan fingerprint density at radius 2 is 1.87 bits per heavy atom. The molecule has 0 saturated carbocycles. The summed E-state index contributed by atoms with van der Waals surface area (Å²) in [5, 5.41) is 0.108. The van der Waals surface area contributed by atoms with Gasteiger partial charge in [0, 0.05) is 29.7 Å². The fourth-order valence-electron chi connectivity index (χ4n) is 6.20. The number of rotatable bonds is 10. The number of ketones is 2. The topological polar surface area (TPSA) is 100 Å². The van der Waals surface area contributed by atoms with E-state index in [0.717, 1.165) is 32.1 Å². The number of allylic oxidation sites excluding steroid dienone is 1. The van der Waals surface area contributed by atoms with Crippen molar-refractivity contribution in [2.75, 3.05) is 27.1 Å². The summed E-state index contributed by atoms with van der Waals surface area (Å²) in [6.07, 6.45) is 5.26. The zero-order valence-corrected chi connectivity index (χ0v) is 24.7. The van der Waals surface area contributed by atoms with Crippen molar-refractivity contribution >= 4 is 47.5 Å². The lowest BCUT2D eigenvalue weighted by atomic mass is 9.64. The van der Waals surface area contributed by atoms with E-state index in [4.69, 9.17) is 30.5 Å². The molecule has 1 aliphatic carbocycles. The number of aliphatic imine (C=N–C) groups is 1. The molecule has 0 aromatic heterocycles. The quantitative estimate of drug-likeness (QED) is 0.165. The molecule has 39 heavy (non-hydrogen) atoms. The van der Waals surface area contributed by atoms with Gasteiger partial charge >= 0.3 is 5.97 Å². The number of esters is 1. The van der Waals surface area contributed by atoms with Gasteiger partial charge in [-0.25, -0.2) is 9.79 Å². The standard InChI is InChI=1S/C29H36ClNO7S/c1-6-7-8-9-16(10-11-39)17-13-19(28(34)37-5)31-18-12-15(2)29(26(32)22(17)18)27(33)23-20(35-3)14-21(36-4)24(30)25(23)38-29/h14-17,39H,6-13H2,1-5H3. The largest absolute Gasteiger partial charge is 0.496 e. The minimum atomic E-state index is -1.81. The summed E-state index contributed by atoms with van der Waals surface area (Å²) >= 11 is 11.1. The van der Waals surface area contributed by atoms with Crippen LogP contribution in [0.25, 0.3) is 0 Å². The van der Waals surface area contributed by atoms with Crippen LogP contribution in [0, 0.1) is 17.8 Å². The van der Waals surface area contributed by atoms with Gasteiger partial charge in [0.2, 0.25) is 17.2 Å². The van der Waals surface area contributed by atoms with Gasteiger partial charge in [-0.3, -0.25) is 9.59 Å². The first-order valence-corrected chi connectivity index (χ1v) is 14.4. The van der Waals surface area contributed by atoms with Gasteiger partial charge in [-0.15, -0.1) is 0 Å². The third-order valence-electron chi connectivity index (χ3n) is 8.23. The Labute approximate surface area is 239 Å². The minimum Gasteiger partial charge on any atom is -0.496 e. The molecule has 4 atom stereocenters. The van der Waals surface area contributed by atoms with Crippen molar-refractivity contribution in [2.24, 2.45) is 22.7 Å². The molecule has 1 spiro atoms. The summed E-state index contributed by atoms with van der Waals surface area (Å²) in [7, 11) is 4.22. The number of hydrogen-bond acceptors (Lipinski definition) is 9. The SMILES string of the molecule is CCCCCC(CCS)C1CC(C(=O)OC)=NC2=C1C(=O)C1(Oc3c(Cl)c(OC)cc(OC)c3C1=O)C(C)C2. The summed E-state index contributed by atoms with van der Waals surface area (Å²) in [6, 6.07) is 1.52. The van der Waals surface area contributed by atoms with Crippen LogP contribution in [0.2, 0.25) is 5.02 Å². The van der Waals surface area contributed by atoms with Crippen LogP contribution in [0.15, 0.2) is 22.3 Å². The highest BCUT2D eigenvalue weighted by molar-refractivity contribution is 7.80. The number of nitrogens with zero attached hydrogens (tertiary/aromatic N) is 1. The number of ether oxygens (including phenoxy) is 4. The maximum atomic E-state index is 14.6. The molecule has 3 aliphatic rings. The lowest BCUT2D eigenvalue weighted by Crippen LogP contribution is -2.58. The molecule has 4 rings (SSSR count). The van der Waals surface area contributed by atoms with E-state index in [1.165, 1.54) is 27.4 Å². The highest BCUT2D eigenvalue weighted by Crippen LogP contribution is 2.55. The van der Waals surface area contributed by atoms with Crippen molar-refractivity contribution in [1.82, 2.24) is 0 Å². The second kappa shape index (κ2) is 11.9. The van der Waals surface area contributed by atoms with Crippen LogP contribution < -0.4 is 14.2 Å². The number of carbonyl (C=O) groups excluding carboxylic acids is 3. The molecular formula is C29H36ClNO7S. The van der Waals surface area contributed by atoms with Crippen molar-refractivity contribution < 1.29 is 33.3 Å². The van der Waals surface area contributed by atoms with Crippen molar-refractivity contribution in [2.45, 2.75) is 64.4 Å². The number of methoxy groups -OCH3 is 3. The highest BCUT2D eigenvalue weighted by Gasteiger charge is 2.63. The van der Waals surface area contributed by atoms with Crippen molar-refractivity contribution in [3.05, 3.63) is 27.9 Å². The second-order valence-electron chi connectivity index (χ2n) is 10.4. The predicted molar refractivity (Wildman–Crippen MR) is 152 cm³/mol. The molecule has 0 radical (unpaired) electrons. The van der Waals surface area contributed by atoms with E-state index in [2.05, 4.69) is 24.5 Å². The number of carbonyl (C=O) groups is 3. The van der Waals surface area contributed by atoms with Gasteiger partial charge in [0.25, 0.3) is 0 Å². The summed E-state index contributed by atoms with van der Waals surface area (Å²) in [5.41, 5.74) is -0.387. The monoisotopic (exact) mass is 577 g/mol. The Morgan fingerprint density at radius 3 is 2.49 bits per heavy atom. The van der Waals surface area contributed by atoms with E-state index in [-0.39, 0.29) is 52.5 Å². The van der Waals surface area contributed by atoms with Crippen LogP contribution in [-0.4, -0.2) is 55.9 Å². The van der Waals surface area contributed by atoms with E-state index in [0.29, 0.717) is 22.7 Å². The van der Waals surface area contributed by atoms with Gasteiger partial charge in [-0.05, 0) is 36.9 Å². The molecule has 4 unspecified atom stereocenters. The number of unbranched alkanes of at least 4 members (excludes halogenated alkanes) is 2. The van der Waals surface area contributed by atoms with Crippen LogP contribution in [-0.2, 0) is 14.3 Å². The molecule has 0 N–H and O–H groups in total. The van der Waals surface area contributed by atoms with Crippen molar-refractivity contribution in [3.8, 4) is 17.2 Å². The number of hydrogen-bond donors (Lipinski definition) is 1. The number of halogens is 1. The van der Waals surface area contributed by atoms with Gasteiger partial charge in [-0.1, -0.05) is 44.7 Å². The number of Topliss-reactive ketones (excluding diaryl/α,β-unsaturated/α-hetero) is 2. The number of fused-ring (bicyclic) bond motifs is 1. The average molecular weight is 578 g/mol. The Morgan fingerprint density at radius 1 is 1.15 bits per heavy atom. The molecular weight excluding hydrogens is 542 g/mol. The Hall–Kier alpha value is -2.52. The van der Waals surface area contributed by atoms with Crippen molar-refractivity contribution in [1.29, 1.82) is 0 Å². The first-order chi connectivity index (χ1) is 18.7. The normalized spacial score (nSPS) is 24.6. The van der Waals surface area contributed by atoms with Gasteiger partial charge in [0.15, 0.2) is 5.75 Å². The molecule has 0 bridgehead atoms. The van der Waals surface area contributed by atoms with Gasteiger partial charge < -0.3 is 18.9 Å². The zero-order valence-electron chi connectivity index (χ0n) is 23.1. The molecule has 8 nitrogen and oxygen atoms in total. The minimum absolute atomic E-state index is 0.0701. The van der Waals surface area contributed by atoms with Crippen LogP contribution in [0.5, 0.6) is 17.2 Å². The van der Waals surface area contributed by atoms with E-state index < -0.39 is 29.1 Å². The summed E-state index contributed by atoms with van der Waals surface area (Å²) < 4.78 is 22.2. The van der Waals surface area contributed by atoms with Crippen LogP contribution in [0.3, 0.4) is 0 Å². The second-order valence-corrected chi connectivity index (χ2v) is 11.2. The molecule has 2 heterocycles. The van der Waals surface area contributed by atoms with E-state index >= 15 is 0 Å². The third-order valence-corrected chi connectivity index (χ3v) is 8.84. The Kier molecular flexibility index (Phi) is 9.01. The van der Waals surface area contributed by atoms with Gasteiger partial charge in [-0.2, -0.15) is 12.6 Å². The smallest absolute Gasteiger partial charge is 0.352 e. The third kappa shape index (κ3) is 4.86. The zero-order chi connectivity index (χ0) is 28.5. The van der Waals surface area contributed by atoms with Gasteiger partial charge in [0.05, 0.1) is 21.3 Å². The van der Waals surface area contributed by atoms with Crippen LogP contribution in [0.1, 0.15) is 69.2 Å². The fraction of sp³-hybridized carbons (Fsp3) is 0.586. The van der Waals surface area contributed by atoms with E-state index in [1.807, 2.05) is 0 Å². The fourth-order valence-corrected chi connectivity index (χ4v) is 6.80. The van der Waals surface area contributed by atoms with E-state index in [1.54, 1.807) is 6.92 Å². The molecule has 0 saturated heterocycles. The highest BCUT2D eigenvalue weighted by atomic mass is 35.5. The summed E-state index contributed by atoms with van der Waals surface area (Å²) in [5.74, 6) is -1.03. The first kappa shape index (κ1) is 29.5. The van der Waals surface area contributed by atoms with Crippen molar-refractivity contribution in [3.63, 3.8) is 0 Å². The summed E-state index contributed by atoms with van der Waals surface area (Å²) in [4.78, 5) is 46.0. The molecule has 2 aliphatic heterocycles. The number of thiol groups is 1. The Balaban J connectivity index is 1.86. The van der Waals surface area contributed by atoms with E-state index in [9.17, 15) is 14.4 Å². The molecule has 212 valence electrons. The molecule has 1 aromatic rings. The first-order valence-electron chi connectivity index (χ1n) is 13.4. The molecule has 10 heteroatoms. The van der Waals surface area contributed by atoms with Crippen LogP contribution >= 0.6 is 24.2 Å². The molecule has 0 fully saturated rings. The van der Waals surface area contributed by atoms with Gasteiger partial charge in [0.1, 0.15) is 27.8 Å². The maximum absolute atomic E-state index is 14.6. The maximum Gasteiger partial charge on any atom is 0.352 e. The lowest BCUT2D eigenvalue weighted by Gasteiger charge is -2.42. The summed E-state index contributed by atoms with van der Waals surface area (Å²) in [6.45, 7) is 3.92. The number of benzene rings is 1.